The summed E-state index contributed by atoms with van der Waals surface area (Å²) in [5, 5.41) is 21.5. The highest BCUT2D eigenvalue weighted by Crippen LogP contribution is 2.41. The molecule has 0 saturated heterocycles. The number of rotatable bonds is 5. The highest BCUT2D eigenvalue weighted by atomic mass is 35.5. The van der Waals surface area contributed by atoms with E-state index in [0.29, 0.717) is 29.1 Å². The highest BCUT2D eigenvalue weighted by Gasteiger charge is 2.36. The van der Waals surface area contributed by atoms with Gasteiger partial charge in [-0.05, 0) is 60.0 Å². The van der Waals surface area contributed by atoms with Crippen LogP contribution in [0.3, 0.4) is 0 Å². The van der Waals surface area contributed by atoms with Crippen molar-refractivity contribution in [1.82, 2.24) is 4.98 Å². The molecule has 0 amide bonds. The van der Waals surface area contributed by atoms with Gasteiger partial charge in [0.15, 0.2) is 0 Å². The van der Waals surface area contributed by atoms with Gasteiger partial charge in [-0.2, -0.15) is 0 Å². The van der Waals surface area contributed by atoms with Crippen LogP contribution in [-0.4, -0.2) is 27.3 Å². The van der Waals surface area contributed by atoms with Crippen LogP contribution in [0, 0.1) is 5.92 Å². The Bertz CT molecular complexity index is 1070. The van der Waals surface area contributed by atoms with E-state index in [0.717, 1.165) is 22.2 Å². The summed E-state index contributed by atoms with van der Waals surface area (Å²) in [5.74, 6) is -0.458. The zero-order valence-corrected chi connectivity index (χ0v) is 17.0. The lowest BCUT2D eigenvalue weighted by Crippen LogP contribution is -2.38. The van der Waals surface area contributed by atoms with Crippen LogP contribution in [0.1, 0.15) is 38.3 Å². The molecule has 1 aliphatic carbocycles. The van der Waals surface area contributed by atoms with E-state index in [1.165, 1.54) is 0 Å². The molecule has 5 nitrogen and oxygen atoms in total. The molecule has 6 heteroatoms. The van der Waals surface area contributed by atoms with Crippen molar-refractivity contribution in [1.29, 1.82) is 0 Å². The maximum absolute atomic E-state index is 11.1. The molecule has 1 fully saturated rings. The zero-order chi connectivity index (χ0) is 20.7. The summed E-state index contributed by atoms with van der Waals surface area (Å²) >= 11 is 6.07. The first kappa shape index (κ1) is 19.5. The Morgan fingerprint density at radius 3 is 2.45 bits per heavy atom. The van der Waals surface area contributed by atoms with Crippen molar-refractivity contribution in [3.05, 3.63) is 53.2 Å². The predicted octanol–water partition coefficient (Wildman–Crippen LogP) is 5.63. The molecule has 0 radical (unpaired) electrons. The summed E-state index contributed by atoms with van der Waals surface area (Å²) in [5.41, 5.74) is 2.85. The van der Waals surface area contributed by atoms with E-state index in [4.69, 9.17) is 26.4 Å². The molecule has 2 aromatic carbocycles. The van der Waals surface area contributed by atoms with Gasteiger partial charge in [0.05, 0.1) is 11.6 Å². The molecule has 1 saturated carbocycles. The summed E-state index contributed by atoms with van der Waals surface area (Å²) in [6.07, 6.45) is 0.746. The fourth-order valence-electron chi connectivity index (χ4n) is 3.74. The average Bonchev–Trinajstić information content (AvgIpc) is 2.64. The number of aromatic hydroxyl groups is 1. The third kappa shape index (κ3) is 3.75. The normalized spacial score (nSPS) is 18.6. The van der Waals surface area contributed by atoms with E-state index in [9.17, 15) is 9.90 Å². The Morgan fingerprint density at radius 1 is 1.14 bits per heavy atom. The van der Waals surface area contributed by atoms with Crippen molar-refractivity contribution in [2.45, 2.75) is 38.7 Å². The largest absolute Gasteiger partial charge is 0.508 e. The van der Waals surface area contributed by atoms with Gasteiger partial charge in [0.2, 0.25) is 5.88 Å². The molecular formula is C23H22ClNO4. The Balaban J connectivity index is 1.85. The topological polar surface area (TPSA) is 79.7 Å². The minimum atomic E-state index is -0.790. The summed E-state index contributed by atoms with van der Waals surface area (Å²) in [6.45, 7) is 4.14. The van der Waals surface area contributed by atoms with Gasteiger partial charge in [-0.3, -0.25) is 4.79 Å². The Labute approximate surface area is 173 Å². The lowest BCUT2D eigenvalue weighted by Gasteiger charge is -2.32. The molecule has 0 bridgehead atoms. The highest BCUT2D eigenvalue weighted by molar-refractivity contribution is 6.30. The van der Waals surface area contributed by atoms with Crippen LogP contribution in [0.2, 0.25) is 5.02 Å². The number of carboxylic acids is 1. The molecule has 0 atom stereocenters. The number of hydrogen-bond acceptors (Lipinski definition) is 4. The van der Waals surface area contributed by atoms with Gasteiger partial charge >= 0.3 is 5.97 Å². The molecular weight excluding hydrogens is 390 g/mol. The monoisotopic (exact) mass is 411 g/mol. The van der Waals surface area contributed by atoms with E-state index in [1.807, 2.05) is 30.3 Å². The molecule has 29 heavy (non-hydrogen) atoms. The number of carboxylic acid groups (broad SMARTS) is 1. The van der Waals surface area contributed by atoms with Crippen molar-refractivity contribution in [3.8, 4) is 22.8 Å². The number of phenols is 1. The van der Waals surface area contributed by atoms with E-state index < -0.39 is 5.97 Å². The summed E-state index contributed by atoms with van der Waals surface area (Å²) in [7, 11) is 0. The van der Waals surface area contributed by atoms with Gasteiger partial charge in [0.25, 0.3) is 0 Å². The predicted molar refractivity (Wildman–Crippen MR) is 113 cm³/mol. The van der Waals surface area contributed by atoms with Crippen molar-refractivity contribution in [2.75, 3.05) is 0 Å². The van der Waals surface area contributed by atoms with E-state index >= 15 is 0 Å². The molecule has 4 rings (SSSR count). The van der Waals surface area contributed by atoms with Crippen LogP contribution in [0.5, 0.6) is 11.6 Å². The molecule has 0 aliphatic heterocycles. The number of phenolic OH excluding ortho intramolecular Hbond substituents is 1. The van der Waals surface area contributed by atoms with Crippen LogP contribution in [-0.2, 0) is 4.79 Å². The molecule has 0 spiro atoms. The molecule has 3 aromatic rings. The van der Waals surface area contributed by atoms with Gasteiger partial charge in [0.1, 0.15) is 11.9 Å². The Hall–Kier alpha value is -2.79. The third-order valence-corrected chi connectivity index (χ3v) is 5.64. The van der Waals surface area contributed by atoms with Gasteiger partial charge in [-0.25, -0.2) is 4.98 Å². The van der Waals surface area contributed by atoms with Gasteiger partial charge in [-0.15, -0.1) is 0 Å². The van der Waals surface area contributed by atoms with Crippen molar-refractivity contribution < 1.29 is 19.7 Å². The molecule has 0 unspecified atom stereocenters. The summed E-state index contributed by atoms with van der Waals surface area (Å²) < 4.78 is 6.09. The number of fused-ring (bicyclic) bond motifs is 1. The second-order valence-electron chi connectivity index (χ2n) is 7.82. The maximum atomic E-state index is 11.1. The number of ether oxygens (including phenoxy) is 1. The smallest absolute Gasteiger partial charge is 0.306 e. The first-order valence-corrected chi connectivity index (χ1v) is 10.0. The number of benzene rings is 2. The van der Waals surface area contributed by atoms with E-state index in [2.05, 4.69) is 13.8 Å². The third-order valence-electron chi connectivity index (χ3n) is 5.38. The standard InChI is InChI=1S/C23H22ClNO4/c1-12(2)21-20(13-3-5-15(24)6-4-13)18-8-7-16(26)11-19(18)22(25-21)29-17-9-14(10-17)23(27)28/h3-8,11-12,14,17,26H,9-10H2,1-2H3,(H,27,28)/t14-,17-. The Kier molecular flexibility index (Phi) is 5.09. The summed E-state index contributed by atoms with van der Waals surface area (Å²) in [4.78, 5) is 15.9. The molecule has 1 aliphatic rings. The lowest BCUT2D eigenvalue weighted by molar-refractivity contribution is -0.148. The van der Waals surface area contributed by atoms with E-state index in [1.54, 1.807) is 12.1 Å². The second kappa shape index (κ2) is 7.56. The molecule has 150 valence electrons. The molecule has 1 heterocycles. The minimum absolute atomic E-state index is 0.125. The van der Waals surface area contributed by atoms with Crippen LogP contribution in [0.4, 0.5) is 0 Å². The van der Waals surface area contributed by atoms with Crippen LogP contribution >= 0.6 is 11.6 Å². The van der Waals surface area contributed by atoms with Gasteiger partial charge < -0.3 is 14.9 Å². The number of aromatic nitrogens is 1. The lowest BCUT2D eigenvalue weighted by atomic mass is 9.82. The number of carbonyl (C=O) groups is 1. The van der Waals surface area contributed by atoms with Crippen LogP contribution in [0.15, 0.2) is 42.5 Å². The van der Waals surface area contributed by atoms with Crippen molar-refractivity contribution in [3.63, 3.8) is 0 Å². The van der Waals surface area contributed by atoms with Crippen molar-refractivity contribution >= 4 is 28.3 Å². The second-order valence-corrected chi connectivity index (χ2v) is 8.25. The van der Waals surface area contributed by atoms with Gasteiger partial charge in [0, 0.05) is 16.0 Å². The first-order chi connectivity index (χ1) is 13.8. The fraction of sp³-hybridized carbons (Fsp3) is 0.304. The summed E-state index contributed by atoms with van der Waals surface area (Å²) in [6, 6.07) is 12.8. The van der Waals surface area contributed by atoms with Gasteiger partial charge in [-0.1, -0.05) is 37.6 Å². The number of hydrogen-bond donors (Lipinski definition) is 2. The first-order valence-electron chi connectivity index (χ1n) is 9.65. The number of aliphatic carboxylic acids is 1. The minimum Gasteiger partial charge on any atom is -0.508 e. The average molecular weight is 412 g/mol. The Morgan fingerprint density at radius 2 is 1.83 bits per heavy atom. The zero-order valence-electron chi connectivity index (χ0n) is 16.2. The van der Waals surface area contributed by atoms with Crippen LogP contribution in [0.25, 0.3) is 21.9 Å². The number of pyridine rings is 1. The van der Waals surface area contributed by atoms with Crippen LogP contribution < -0.4 is 4.74 Å². The van der Waals surface area contributed by atoms with Crippen molar-refractivity contribution in [2.24, 2.45) is 5.92 Å². The molecule has 2 N–H and O–H groups in total. The molecule has 1 aromatic heterocycles. The quantitative estimate of drug-likeness (QED) is 0.569. The SMILES string of the molecule is CC(C)c1nc(O[C@H]2C[C@H](C(=O)O)C2)c2cc(O)ccc2c1-c1ccc(Cl)cc1. The fourth-order valence-corrected chi connectivity index (χ4v) is 3.87. The number of nitrogens with zero attached hydrogens (tertiary/aromatic N) is 1. The maximum Gasteiger partial charge on any atom is 0.306 e. The number of halogens is 1. The van der Waals surface area contributed by atoms with E-state index in [-0.39, 0.29) is 23.7 Å².